The molecule has 0 N–H and O–H groups in total. The zero-order valence-corrected chi connectivity index (χ0v) is 19.7. The SMILES string of the molecule is C=CSc1ccc(Sc2ccc(SC=C)c(C(C)(C)C)c2)cc1C(C)(C)C. The molecule has 0 aliphatic rings. The van der Waals surface area contributed by atoms with Gasteiger partial charge in [0.25, 0.3) is 0 Å². The Balaban J connectivity index is 2.42. The fourth-order valence-electron chi connectivity index (χ4n) is 2.84. The van der Waals surface area contributed by atoms with Gasteiger partial charge in [-0.1, -0.05) is 90.0 Å². The quantitative estimate of drug-likeness (QED) is 0.433. The lowest BCUT2D eigenvalue weighted by Gasteiger charge is -2.24. The van der Waals surface area contributed by atoms with Gasteiger partial charge in [-0.25, -0.2) is 0 Å². The topological polar surface area (TPSA) is 0 Å². The van der Waals surface area contributed by atoms with Crippen molar-refractivity contribution in [1.82, 2.24) is 0 Å². The average Bonchev–Trinajstić information content (AvgIpc) is 2.56. The predicted octanol–water partition coefficient (Wildman–Crippen LogP) is 8.90. The van der Waals surface area contributed by atoms with Crippen molar-refractivity contribution in [3.8, 4) is 0 Å². The number of rotatable bonds is 6. The van der Waals surface area contributed by atoms with Gasteiger partial charge in [0, 0.05) is 19.6 Å². The summed E-state index contributed by atoms with van der Waals surface area (Å²) < 4.78 is 0. The van der Waals surface area contributed by atoms with E-state index in [9.17, 15) is 0 Å². The van der Waals surface area contributed by atoms with Gasteiger partial charge in [-0.3, -0.25) is 0 Å². The molecule has 2 aromatic rings. The van der Waals surface area contributed by atoms with E-state index in [0.717, 1.165) is 0 Å². The van der Waals surface area contributed by atoms with Crippen LogP contribution in [0, 0.1) is 0 Å². The number of benzene rings is 2. The van der Waals surface area contributed by atoms with E-state index in [4.69, 9.17) is 0 Å². The van der Waals surface area contributed by atoms with E-state index in [1.54, 1.807) is 23.5 Å². The van der Waals surface area contributed by atoms with Crippen LogP contribution in [-0.4, -0.2) is 0 Å². The van der Waals surface area contributed by atoms with Crippen molar-refractivity contribution < 1.29 is 0 Å². The van der Waals surface area contributed by atoms with Crippen LogP contribution in [0.15, 0.2) is 80.0 Å². The van der Waals surface area contributed by atoms with Crippen molar-refractivity contribution in [3.63, 3.8) is 0 Å². The van der Waals surface area contributed by atoms with Gasteiger partial charge in [0.2, 0.25) is 0 Å². The molecule has 0 aliphatic carbocycles. The summed E-state index contributed by atoms with van der Waals surface area (Å²) in [5.41, 5.74) is 2.94. The van der Waals surface area contributed by atoms with Crippen molar-refractivity contribution in [1.29, 1.82) is 0 Å². The summed E-state index contributed by atoms with van der Waals surface area (Å²) in [6.45, 7) is 21.3. The highest BCUT2D eigenvalue weighted by molar-refractivity contribution is 8.02. The Morgan fingerprint density at radius 2 is 1.04 bits per heavy atom. The Hall–Kier alpha value is -1.03. The normalized spacial score (nSPS) is 12.1. The third-order valence-corrected chi connectivity index (χ3v) is 6.71. The molecule has 27 heavy (non-hydrogen) atoms. The summed E-state index contributed by atoms with van der Waals surface area (Å²) in [6.07, 6.45) is 0. The Kier molecular flexibility index (Phi) is 7.40. The zero-order chi connectivity index (χ0) is 20.2. The molecule has 3 heteroatoms. The van der Waals surface area contributed by atoms with E-state index in [1.807, 2.05) is 22.6 Å². The molecular formula is C24H30S3. The summed E-state index contributed by atoms with van der Waals surface area (Å²) >= 11 is 5.23. The summed E-state index contributed by atoms with van der Waals surface area (Å²) in [7, 11) is 0. The standard InChI is InChI=1S/C24H30S3/c1-9-25-21-13-11-17(15-19(21)23(3,4)5)27-18-12-14-22(26-10-2)20(16-18)24(6,7)8/h9-16H,1-2H2,3-8H3. The molecule has 0 aromatic heterocycles. The third-order valence-electron chi connectivity index (χ3n) is 4.17. The Morgan fingerprint density at radius 1 is 0.667 bits per heavy atom. The minimum Gasteiger partial charge on any atom is -0.0984 e. The Labute approximate surface area is 178 Å². The maximum Gasteiger partial charge on any atom is 0.0154 e. The summed E-state index contributed by atoms with van der Waals surface area (Å²) in [5, 5.41) is 3.81. The first kappa shape index (κ1) is 22.3. The van der Waals surface area contributed by atoms with Crippen LogP contribution in [-0.2, 0) is 10.8 Å². The van der Waals surface area contributed by atoms with Crippen LogP contribution in [0.2, 0.25) is 0 Å². The van der Waals surface area contributed by atoms with Gasteiger partial charge in [-0.15, -0.1) is 0 Å². The maximum atomic E-state index is 3.87. The van der Waals surface area contributed by atoms with Gasteiger partial charge in [0.05, 0.1) is 0 Å². The molecule has 0 nitrogen and oxygen atoms in total. The van der Waals surface area contributed by atoms with E-state index >= 15 is 0 Å². The molecule has 0 aliphatic heterocycles. The second-order valence-electron chi connectivity index (χ2n) is 8.49. The van der Waals surface area contributed by atoms with Crippen molar-refractivity contribution in [3.05, 3.63) is 71.5 Å². The van der Waals surface area contributed by atoms with Gasteiger partial charge in [-0.05, 0) is 69.2 Å². The molecule has 0 saturated carbocycles. The van der Waals surface area contributed by atoms with Crippen LogP contribution < -0.4 is 0 Å². The Morgan fingerprint density at radius 3 is 1.33 bits per heavy atom. The largest absolute Gasteiger partial charge is 0.0984 e. The molecule has 0 saturated heterocycles. The molecule has 0 atom stereocenters. The predicted molar refractivity (Wildman–Crippen MR) is 127 cm³/mol. The van der Waals surface area contributed by atoms with E-state index in [1.165, 1.54) is 30.7 Å². The van der Waals surface area contributed by atoms with Crippen LogP contribution >= 0.6 is 35.3 Å². The van der Waals surface area contributed by atoms with E-state index < -0.39 is 0 Å². The number of hydrogen-bond acceptors (Lipinski definition) is 3. The van der Waals surface area contributed by atoms with Crippen molar-refractivity contribution in [2.75, 3.05) is 0 Å². The van der Waals surface area contributed by atoms with E-state index in [2.05, 4.69) is 91.1 Å². The lowest BCUT2D eigenvalue weighted by Crippen LogP contribution is -2.13. The smallest absolute Gasteiger partial charge is 0.0154 e. The van der Waals surface area contributed by atoms with Crippen LogP contribution in [0.5, 0.6) is 0 Å². The molecular weight excluding hydrogens is 384 g/mol. The van der Waals surface area contributed by atoms with Gasteiger partial charge in [0.1, 0.15) is 0 Å². The average molecular weight is 415 g/mol. The lowest BCUT2D eigenvalue weighted by molar-refractivity contribution is 0.576. The fraction of sp³-hybridized carbons (Fsp3) is 0.333. The minimum absolute atomic E-state index is 0.100. The third kappa shape index (κ3) is 5.97. The maximum absolute atomic E-state index is 3.87. The van der Waals surface area contributed by atoms with E-state index in [0.29, 0.717) is 0 Å². The first-order valence-electron chi connectivity index (χ1n) is 9.08. The molecule has 0 heterocycles. The zero-order valence-electron chi connectivity index (χ0n) is 17.3. The summed E-state index contributed by atoms with van der Waals surface area (Å²) in [4.78, 5) is 5.12. The highest BCUT2D eigenvalue weighted by atomic mass is 32.2. The second kappa shape index (κ2) is 8.98. The molecule has 2 aromatic carbocycles. The van der Waals surface area contributed by atoms with Crippen LogP contribution in [0.4, 0.5) is 0 Å². The number of hydrogen-bond donors (Lipinski definition) is 0. The molecule has 0 fully saturated rings. The van der Waals surface area contributed by atoms with Gasteiger partial charge < -0.3 is 0 Å². The van der Waals surface area contributed by atoms with Crippen molar-refractivity contribution >= 4 is 35.3 Å². The molecule has 0 radical (unpaired) electrons. The minimum atomic E-state index is 0.100. The van der Waals surface area contributed by atoms with Gasteiger partial charge in [-0.2, -0.15) is 0 Å². The monoisotopic (exact) mass is 414 g/mol. The molecule has 0 spiro atoms. The van der Waals surface area contributed by atoms with Crippen LogP contribution in [0.25, 0.3) is 0 Å². The molecule has 0 unspecified atom stereocenters. The lowest BCUT2D eigenvalue weighted by atomic mass is 9.87. The fourth-order valence-corrected chi connectivity index (χ4v) is 5.37. The summed E-state index contributed by atoms with van der Waals surface area (Å²) in [6, 6.07) is 13.5. The number of thioether (sulfide) groups is 2. The molecule has 0 amide bonds. The van der Waals surface area contributed by atoms with Gasteiger partial charge >= 0.3 is 0 Å². The summed E-state index contributed by atoms with van der Waals surface area (Å²) in [5.74, 6) is 0. The Bertz CT molecular complexity index is 751. The van der Waals surface area contributed by atoms with Crippen LogP contribution in [0.3, 0.4) is 0 Å². The van der Waals surface area contributed by atoms with Crippen molar-refractivity contribution in [2.24, 2.45) is 0 Å². The van der Waals surface area contributed by atoms with Crippen LogP contribution in [0.1, 0.15) is 52.7 Å². The highest BCUT2D eigenvalue weighted by Crippen LogP contribution is 2.40. The molecule has 0 bridgehead atoms. The van der Waals surface area contributed by atoms with Gasteiger partial charge in [0.15, 0.2) is 0 Å². The molecule has 2 rings (SSSR count). The first-order valence-corrected chi connectivity index (χ1v) is 11.7. The highest BCUT2D eigenvalue weighted by Gasteiger charge is 2.20. The molecule has 144 valence electrons. The second-order valence-corrected chi connectivity index (χ2v) is 11.7. The first-order chi connectivity index (χ1) is 12.6. The van der Waals surface area contributed by atoms with Crippen molar-refractivity contribution in [2.45, 2.75) is 72.0 Å². The van der Waals surface area contributed by atoms with E-state index in [-0.39, 0.29) is 10.8 Å².